The number of hydrogen-bond acceptors (Lipinski definition) is 3. The van der Waals surface area contributed by atoms with Gasteiger partial charge in [0.05, 0.1) is 7.11 Å². The molecule has 28 heavy (non-hydrogen) atoms. The van der Waals surface area contributed by atoms with E-state index in [2.05, 4.69) is 51.3 Å². The maximum absolute atomic E-state index is 12.5. The Morgan fingerprint density at radius 1 is 1.18 bits per heavy atom. The van der Waals surface area contributed by atoms with Crippen LogP contribution in [0.2, 0.25) is 26.2 Å². The minimum Gasteiger partial charge on any atom is -0.497 e. The molecule has 2 aliphatic rings. The van der Waals surface area contributed by atoms with E-state index < -0.39 is 22.5 Å². The molecule has 1 radical (unpaired) electrons. The zero-order chi connectivity index (χ0) is 20.4. The second kappa shape index (κ2) is 6.17. The lowest BCUT2D eigenvalue weighted by Gasteiger charge is -2.43. The standard InChI is InChI=1S/C22H26NO3Si2/c1-13-10-14-8-7-9-15(16(14)11-13)19-17(22(23)24)12-18-20(25-2)21(19)28(5,6)26-27(18,3)4/h7-9,11-12,23H,10H2,1-6H3. The van der Waals surface area contributed by atoms with Crippen molar-refractivity contribution in [2.24, 2.45) is 0 Å². The second-order valence-electron chi connectivity index (χ2n) is 8.75. The number of carbonyl (C=O) groups excluding carboxylic acids is 1. The van der Waals surface area contributed by atoms with E-state index in [1.807, 2.05) is 12.1 Å². The summed E-state index contributed by atoms with van der Waals surface area (Å²) in [6, 6.07) is 8.11. The normalized spacial score (nSPS) is 18.4. The summed E-state index contributed by atoms with van der Waals surface area (Å²) in [6.45, 7) is 10.8. The van der Waals surface area contributed by atoms with E-state index in [9.17, 15) is 4.79 Å². The van der Waals surface area contributed by atoms with Gasteiger partial charge in [0.15, 0.2) is 0 Å². The molecule has 0 aromatic heterocycles. The summed E-state index contributed by atoms with van der Waals surface area (Å²) < 4.78 is 12.7. The van der Waals surface area contributed by atoms with Crippen LogP contribution in [-0.2, 0) is 10.5 Å². The van der Waals surface area contributed by atoms with E-state index in [0.29, 0.717) is 5.56 Å². The van der Waals surface area contributed by atoms with Crippen LogP contribution in [0.3, 0.4) is 0 Å². The van der Waals surface area contributed by atoms with Crippen LogP contribution in [0, 0.1) is 0 Å². The molecule has 2 aromatic rings. The number of amides is 1. The van der Waals surface area contributed by atoms with Gasteiger partial charge in [-0.15, -0.1) is 0 Å². The molecule has 1 N–H and O–H groups in total. The van der Waals surface area contributed by atoms with Crippen molar-refractivity contribution in [1.82, 2.24) is 5.73 Å². The number of benzene rings is 2. The third kappa shape index (κ3) is 2.70. The Balaban J connectivity index is 2.17. The van der Waals surface area contributed by atoms with E-state index in [1.54, 1.807) is 7.11 Å². The molecular weight excluding hydrogens is 382 g/mol. The van der Waals surface area contributed by atoms with Crippen molar-refractivity contribution < 1.29 is 13.6 Å². The minimum atomic E-state index is -2.35. The quantitative estimate of drug-likeness (QED) is 0.729. The molecule has 0 saturated carbocycles. The SMILES string of the molecule is COc1c2cc(C([NH])=O)c(-c3cccc4c3C=C(C)C4)c1[Si](C)(C)O[Si]2(C)C. The topological polar surface area (TPSA) is 59.3 Å². The lowest BCUT2D eigenvalue weighted by atomic mass is 9.93. The lowest BCUT2D eigenvalue weighted by molar-refractivity contribution is 0.0993. The molecule has 0 unspecified atom stereocenters. The van der Waals surface area contributed by atoms with Crippen LogP contribution in [0.4, 0.5) is 0 Å². The van der Waals surface area contributed by atoms with Crippen molar-refractivity contribution in [1.29, 1.82) is 0 Å². The predicted octanol–water partition coefficient (Wildman–Crippen LogP) is 3.60. The highest BCUT2D eigenvalue weighted by molar-refractivity contribution is 7.01. The van der Waals surface area contributed by atoms with Crippen LogP contribution in [0.1, 0.15) is 28.4 Å². The molecule has 1 amide bonds. The molecule has 6 heteroatoms. The fraction of sp³-hybridized carbons (Fsp3) is 0.318. The first-order chi connectivity index (χ1) is 13.1. The van der Waals surface area contributed by atoms with Crippen molar-refractivity contribution in [3.05, 3.63) is 46.5 Å². The molecule has 2 aromatic carbocycles. The van der Waals surface area contributed by atoms with Crippen molar-refractivity contribution in [2.45, 2.75) is 39.5 Å². The maximum Gasteiger partial charge on any atom is 0.270 e. The number of ether oxygens (including phenoxy) is 1. The van der Waals surface area contributed by atoms with E-state index in [-0.39, 0.29) is 0 Å². The third-order valence-corrected chi connectivity index (χ3v) is 13.2. The molecule has 0 saturated heterocycles. The first-order valence-electron chi connectivity index (χ1n) is 9.58. The van der Waals surface area contributed by atoms with Gasteiger partial charge in [-0.25, -0.2) is 0 Å². The summed E-state index contributed by atoms with van der Waals surface area (Å²) in [5.74, 6) is 0.226. The highest BCUT2D eigenvalue weighted by atomic mass is 28.4. The van der Waals surface area contributed by atoms with Gasteiger partial charge in [0.25, 0.3) is 5.91 Å². The largest absolute Gasteiger partial charge is 0.497 e. The maximum atomic E-state index is 12.5. The van der Waals surface area contributed by atoms with E-state index in [1.165, 1.54) is 11.1 Å². The van der Waals surface area contributed by atoms with Gasteiger partial charge >= 0.3 is 0 Å². The van der Waals surface area contributed by atoms with Crippen LogP contribution < -0.4 is 20.8 Å². The molecule has 4 rings (SSSR count). The number of fused-ring (bicyclic) bond motifs is 3. The molecule has 0 spiro atoms. The zero-order valence-electron chi connectivity index (χ0n) is 17.3. The lowest BCUT2D eigenvalue weighted by Crippen LogP contribution is -2.64. The van der Waals surface area contributed by atoms with Gasteiger partial charge in [-0.1, -0.05) is 29.8 Å². The molecule has 145 valence electrons. The Morgan fingerprint density at radius 3 is 2.54 bits per heavy atom. The van der Waals surface area contributed by atoms with Crippen LogP contribution >= 0.6 is 0 Å². The van der Waals surface area contributed by atoms with Gasteiger partial charge in [0.2, 0.25) is 16.6 Å². The molecule has 0 fully saturated rings. The number of hydrogen-bond donors (Lipinski definition) is 0. The molecule has 1 aliphatic carbocycles. The first kappa shape index (κ1) is 19.2. The summed E-state index contributed by atoms with van der Waals surface area (Å²) in [5.41, 5.74) is 14.1. The van der Waals surface area contributed by atoms with Gasteiger partial charge in [-0.05, 0) is 62.3 Å². The van der Waals surface area contributed by atoms with E-state index in [4.69, 9.17) is 14.6 Å². The van der Waals surface area contributed by atoms with Gasteiger partial charge in [0.1, 0.15) is 5.75 Å². The van der Waals surface area contributed by atoms with Gasteiger partial charge in [0, 0.05) is 21.5 Å². The van der Waals surface area contributed by atoms with Crippen molar-refractivity contribution in [3.63, 3.8) is 0 Å². The second-order valence-corrected chi connectivity index (χ2v) is 16.6. The Kier molecular flexibility index (Phi) is 4.23. The summed E-state index contributed by atoms with van der Waals surface area (Å²) in [4.78, 5) is 12.5. The Labute approximate surface area is 168 Å². The Morgan fingerprint density at radius 2 is 1.89 bits per heavy atom. The molecule has 0 atom stereocenters. The molecule has 1 aliphatic heterocycles. The number of rotatable bonds is 3. The van der Waals surface area contributed by atoms with Crippen molar-refractivity contribution >= 4 is 39.0 Å². The monoisotopic (exact) mass is 408 g/mol. The fourth-order valence-corrected chi connectivity index (χ4v) is 13.9. The number of allylic oxidation sites excluding steroid dienone is 1. The van der Waals surface area contributed by atoms with Gasteiger partial charge < -0.3 is 8.85 Å². The molecule has 2 bridgehead atoms. The van der Waals surface area contributed by atoms with Crippen LogP contribution in [0.5, 0.6) is 5.75 Å². The Hall–Kier alpha value is -2.16. The average Bonchev–Trinajstić information content (AvgIpc) is 2.97. The highest BCUT2D eigenvalue weighted by Gasteiger charge is 2.48. The summed E-state index contributed by atoms with van der Waals surface area (Å²) in [7, 11) is -2.87. The minimum absolute atomic E-state index is 0.474. The van der Waals surface area contributed by atoms with E-state index in [0.717, 1.165) is 39.2 Å². The average molecular weight is 409 g/mol. The van der Waals surface area contributed by atoms with E-state index >= 15 is 0 Å². The van der Waals surface area contributed by atoms with Crippen LogP contribution in [0.25, 0.3) is 17.2 Å². The van der Waals surface area contributed by atoms with Crippen molar-refractivity contribution in [2.75, 3.05) is 7.11 Å². The zero-order valence-corrected chi connectivity index (χ0v) is 19.3. The predicted molar refractivity (Wildman–Crippen MR) is 119 cm³/mol. The summed E-state index contributed by atoms with van der Waals surface area (Å²) in [5, 5.41) is 2.00. The summed E-state index contributed by atoms with van der Waals surface area (Å²) >= 11 is 0. The number of nitrogens with one attached hydrogen (secondary N) is 1. The van der Waals surface area contributed by atoms with Gasteiger partial charge in [-0.2, -0.15) is 0 Å². The van der Waals surface area contributed by atoms with Gasteiger partial charge in [-0.3, -0.25) is 10.5 Å². The van der Waals surface area contributed by atoms with Crippen molar-refractivity contribution in [3.8, 4) is 16.9 Å². The summed E-state index contributed by atoms with van der Waals surface area (Å²) in [6.07, 6.45) is 3.13. The Bertz CT molecular complexity index is 1050. The molecular formula is C22H26NO3Si2. The fourth-order valence-electron chi connectivity index (χ4n) is 4.85. The molecule has 1 heterocycles. The van der Waals surface area contributed by atoms with Crippen LogP contribution in [0.15, 0.2) is 29.8 Å². The number of methoxy groups -OCH3 is 1. The van der Waals surface area contributed by atoms with Crippen LogP contribution in [-0.4, -0.2) is 29.7 Å². The third-order valence-electron chi connectivity index (χ3n) is 5.82. The highest BCUT2D eigenvalue weighted by Crippen LogP contribution is 2.39. The smallest absolute Gasteiger partial charge is 0.270 e. The molecule has 4 nitrogen and oxygen atoms in total. The first-order valence-corrected chi connectivity index (χ1v) is 15.4. The number of carbonyl (C=O) groups is 1.